The minimum Gasteiger partial charge on any atom is -0.462 e. The molecule has 0 radical (unpaired) electrons. The molecule has 1 aromatic heterocycles. The molecule has 116 valence electrons. The van der Waals surface area contributed by atoms with Crippen molar-refractivity contribution in [2.45, 2.75) is 46.5 Å². The summed E-state index contributed by atoms with van der Waals surface area (Å²) in [5, 5.41) is 7.51. The molecular formula is C14H21N3O4. The SMILES string of the molecule is C=C(C)C(=O)OCCCCCC(=O)On1nnc(C)c1C. The second-order valence-electron chi connectivity index (χ2n) is 4.82. The number of ether oxygens (including phenoxy) is 1. The van der Waals surface area contributed by atoms with Gasteiger partial charge in [-0.15, -0.1) is 5.10 Å². The maximum absolute atomic E-state index is 11.6. The van der Waals surface area contributed by atoms with E-state index in [4.69, 9.17) is 9.57 Å². The number of esters is 1. The molecule has 0 fully saturated rings. The average molecular weight is 295 g/mol. The molecule has 7 heteroatoms. The van der Waals surface area contributed by atoms with E-state index in [-0.39, 0.29) is 18.4 Å². The predicted octanol–water partition coefficient (Wildman–Crippen LogP) is 1.53. The topological polar surface area (TPSA) is 83.3 Å². The van der Waals surface area contributed by atoms with E-state index in [2.05, 4.69) is 16.9 Å². The lowest BCUT2D eigenvalue weighted by molar-refractivity contribution is -0.146. The summed E-state index contributed by atoms with van der Waals surface area (Å²) < 4.78 is 4.95. The lowest BCUT2D eigenvalue weighted by Crippen LogP contribution is -2.21. The molecule has 0 saturated carbocycles. The van der Waals surface area contributed by atoms with Crippen molar-refractivity contribution in [2.24, 2.45) is 0 Å². The summed E-state index contributed by atoms with van der Waals surface area (Å²) in [6, 6.07) is 0. The van der Waals surface area contributed by atoms with Gasteiger partial charge in [-0.05, 0) is 45.2 Å². The molecule has 0 aliphatic heterocycles. The van der Waals surface area contributed by atoms with Crippen molar-refractivity contribution < 1.29 is 19.2 Å². The summed E-state index contributed by atoms with van der Waals surface area (Å²) >= 11 is 0. The second kappa shape index (κ2) is 8.18. The number of carbonyl (C=O) groups excluding carboxylic acids is 2. The first-order chi connectivity index (χ1) is 9.91. The van der Waals surface area contributed by atoms with Crippen molar-refractivity contribution in [1.82, 2.24) is 15.2 Å². The summed E-state index contributed by atoms with van der Waals surface area (Å²) in [7, 11) is 0. The van der Waals surface area contributed by atoms with Gasteiger partial charge in [0, 0.05) is 12.0 Å². The van der Waals surface area contributed by atoms with Gasteiger partial charge in [0.2, 0.25) is 0 Å². The number of nitrogens with zero attached hydrogens (tertiary/aromatic N) is 3. The van der Waals surface area contributed by atoms with E-state index in [1.54, 1.807) is 20.8 Å². The average Bonchev–Trinajstić information content (AvgIpc) is 2.74. The van der Waals surface area contributed by atoms with Crippen molar-refractivity contribution in [1.29, 1.82) is 0 Å². The molecule has 0 aliphatic rings. The monoisotopic (exact) mass is 295 g/mol. The Bertz CT molecular complexity index is 522. The van der Waals surface area contributed by atoms with Crippen LogP contribution < -0.4 is 4.84 Å². The molecule has 21 heavy (non-hydrogen) atoms. The molecule has 0 N–H and O–H groups in total. The standard InChI is InChI=1S/C14H21N3O4/c1-10(2)14(19)20-9-7-5-6-8-13(18)21-17-12(4)11(3)15-16-17/h1,5-9H2,2-4H3. The Kier molecular flexibility index (Phi) is 6.58. The van der Waals surface area contributed by atoms with Gasteiger partial charge in [-0.25, -0.2) is 9.59 Å². The van der Waals surface area contributed by atoms with Crippen LogP contribution in [0.2, 0.25) is 0 Å². The quantitative estimate of drug-likeness (QED) is 0.313. The summed E-state index contributed by atoms with van der Waals surface area (Å²) in [6.07, 6.45) is 2.42. The smallest absolute Gasteiger partial charge is 0.335 e. The van der Waals surface area contributed by atoms with Crippen LogP contribution in [0.4, 0.5) is 0 Å². The summed E-state index contributed by atoms with van der Waals surface area (Å²) in [5.74, 6) is -0.742. The molecule has 0 unspecified atom stereocenters. The molecule has 1 aromatic rings. The maximum Gasteiger partial charge on any atom is 0.335 e. The normalized spacial score (nSPS) is 10.2. The van der Waals surface area contributed by atoms with Gasteiger partial charge in [0.15, 0.2) is 0 Å². The molecular weight excluding hydrogens is 274 g/mol. The first kappa shape index (κ1) is 16.9. The van der Waals surface area contributed by atoms with Gasteiger partial charge in [0.1, 0.15) is 5.69 Å². The number of carbonyl (C=O) groups is 2. The van der Waals surface area contributed by atoms with Gasteiger partial charge in [-0.3, -0.25) is 0 Å². The first-order valence-corrected chi connectivity index (χ1v) is 6.84. The molecule has 1 heterocycles. The Labute approximate surface area is 123 Å². The molecule has 7 nitrogen and oxygen atoms in total. The zero-order valence-electron chi connectivity index (χ0n) is 12.7. The van der Waals surface area contributed by atoms with Gasteiger partial charge in [-0.1, -0.05) is 11.4 Å². The van der Waals surface area contributed by atoms with Crippen LogP contribution in [-0.4, -0.2) is 33.7 Å². The Morgan fingerprint density at radius 3 is 2.52 bits per heavy atom. The minimum atomic E-state index is -0.383. The summed E-state index contributed by atoms with van der Waals surface area (Å²) in [4.78, 5) is 28.9. The van der Waals surface area contributed by atoms with Crippen molar-refractivity contribution in [3.63, 3.8) is 0 Å². The van der Waals surface area contributed by atoms with Gasteiger partial charge < -0.3 is 9.57 Å². The van der Waals surface area contributed by atoms with Gasteiger partial charge in [0.25, 0.3) is 0 Å². The fraction of sp³-hybridized carbons (Fsp3) is 0.571. The summed E-state index contributed by atoms with van der Waals surface area (Å²) in [5.41, 5.74) is 1.81. The molecule has 0 amide bonds. The molecule has 0 atom stereocenters. The van der Waals surface area contributed by atoms with Crippen LogP contribution in [0.15, 0.2) is 12.2 Å². The largest absolute Gasteiger partial charge is 0.462 e. The third-order valence-corrected chi connectivity index (χ3v) is 2.88. The molecule has 0 saturated heterocycles. The van der Waals surface area contributed by atoms with Crippen LogP contribution in [0, 0.1) is 13.8 Å². The fourth-order valence-corrected chi connectivity index (χ4v) is 1.45. The maximum atomic E-state index is 11.6. The van der Waals surface area contributed by atoms with Crippen molar-refractivity contribution in [2.75, 3.05) is 6.61 Å². The van der Waals surface area contributed by atoms with E-state index in [1.807, 2.05) is 0 Å². The number of unbranched alkanes of at least 4 members (excludes halogenated alkanes) is 2. The summed E-state index contributed by atoms with van der Waals surface area (Å²) in [6.45, 7) is 9.00. The third-order valence-electron chi connectivity index (χ3n) is 2.88. The van der Waals surface area contributed by atoms with Crippen molar-refractivity contribution >= 4 is 11.9 Å². The van der Waals surface area contributed by atoms with Crippen molar-refractivity contribution in [3.05, 3.63) is 23.5 Å². The fourth-order valence-electron chi connectivity index (χ4n) is 1.45. The van der Waals surface area contributed by atoms with E-state index < -0.39 is 0 Å². The minimum absolute atomic E-state index is 0.285. The lowest BCUT2D eigenvalue weighted by Gasteiger charge is -2.05. The number of hydrogen-bond acceptors (Lipinski definition) is 6. The molecule has 0 spiro atoms. The van der Waals surface area contributed by atoms with Crippen molar-refractivity contribution in [3.8, 4) is 0 Å². The predicted molar refractivity (Wildman–Crippen MR) is 75.3 cm³/mol. The van der Waals surface area contributed by atoms with E-state index in [9.17, 15) is 9.59 Å². The number of aromatic nitrogens is 3. The number of rotatable bonds is 8. The van der Waals surface area contributed by atoms with Crippen LogP contribution in [0.5, 0.6) is 0 Å². The molecule has 0 aliphatic carbocycles. The van der Waals surface area contributed by atoms with Gasteiger partial charge in [-0.2, -0.15) is 0 Å². The van der Waals surface area contributed by atoms with E-state index in [1.165, 1.54) is 0 Å². The second-order valence-corrected chi connectivity index (χ2v) is 4.82. The highest BCUT2D eigenvalue weighted by molar-refractivity contribution is 5.86. The number of hydrogen-bond donors (Lipinski definition) is 0. The van der Waals surface area contributed by atoms with Crippen LogP contribution in [-0.2, 0) is 14.3 Å². The van der Waals surface area contributed by atoms with E-state index in [0.717, 1.165) is 17.0 Å². The highest BCUT2D eigenvalue weighted by Gasteiger charge is 2.10. The number of aryl methyl sites for hydroxylation is 1. The van der Waals surface area contributed by atoms with Gasteiger partial charge in [0.05, 0.1) is 12.3 Å². The zero-order chi connectivity index (χ0) is 15.8. The highest BCUT2D eigenvalue weighted by Crippen LogP contribution is 2.04. The highest BCUT2D eigenvalue weighted by atomic mass is 16.7. The molecule has 0 bridgehead atoms. The Morgan fingerprint density at radius 1 is 1.24 bits per heavy atom. The van der Waals surface area contributed by atoms with Crippen LogP contribution in [0.3, 0.4) is 0 Å². The molecule has 1 rings (SSSR count). The van der Waals surface area contributed by atoms with Crippen LogP contribution in [0.1, 0.15) is 44.0 Å². The molecule has 0 aromatic carbocycles. The van der Waals surface area contributed by atoms with Crippen LogP contribution >= 0.6 is 0 Å². The van der Waals surface area contributed by atoms with E-state index in [0.29, 0.717) is 30.7 Å². The van der Waals surface area contributed by atoms with Crippen LogP contribution in [0.25, 0.3) is 0 Å². The Morgan fingerprint density at radius 2 is 1.95 bits per heavy atom. The third kappa shape index (κ3) is 5.76. The first-order valence-electron chi connectivity index (χ1n) is 6.84. The Hall–Kier alpha value is -2.18. The van der Waals surface area contributed by atoms with E-state index >= 15 is 0 Å². The lowest BCUT2D eigenvalue weighted by atomic mass is 10.2. The van der Waals surface area contributed by atoms with Gasteiger partial charge >= 0.3 is 11.9 Å². The Balaban J connectivity index is 2.13. The zero-order valence-corrected chi connectivity index (χ0v) is 12.7.